The average molecular weight is 776 g/mol. The van der Waals surface area contributed by atoms with Crippen LogP contribution in [0, 0.1) is 0 Å². The lowest BCUT2D eigenvalue weighted by molar-refractivity contribution is -0.245. The van der Waals surface area contributed by atoms with Crippen LogP contribution in [0.15, 0.2) is 173 Å². The van der Waals surface area contributed by atoms with E-state index in [0.29, 0.717) is 35.4 Å². The molecule has 3 N–H and O–H groups in total. The predicted molar refractivity (Wildman–Crippen MR) is 222 cm³/mol. The molecule has 10 heteroatoms. The standard InChI is InChI=1S/C47H41N3O6S/c51-30-33-18-20-34(21-19-33)42-28-41(31-57-47-50-43(35-10-4-1-5-11-35)44(56-47)36-12-6-2-7-13-36)54-45(55-42)37-22-16-32(17-23-37)29-48-46(52)49-38-24-26-40(27-25-38)53-39-14-8-3-9-15-39/h1-27,41-42,45,51H,28-31H2,(H2,48,49,52)/t41-,42+,45+/m1/s1. The number of carbonyl (C=O) groups is 1. The number of rotatable bonds is 13. The van der Waals surface area contributed by atoms with Gasteiger partial charge in [0.2, 0.25) is 0 Å². The second kappa shape index (κ2) is 18.2. The number of oxazole rings is 1. The van der Waals surface area contributed by atoms with Crippen LogP contribution in [0.1, 0.15) is 41.1 Å². The van der Waals surface area contributed by atoms with Gasteiger partial charge in [0.25, 0.3) is 5.22 Å². The maximum absolute atomic E-state index is 12.7. The van der Waals surface area contributed by atoms with E-state index in [1.165, 1.54) is 11.8 Å². The van der Waals surface area contributed by atoms with Crippen molar-refractivity contribution in [1.29, 1.82) is 0 Å². The van der Waals surface area contributed by atoms with Crippen molar-refractivity contribution < 1.29 is 28.5 Å². The Bertz CT molecular complexity index is 2280. The Morgan fingerprint density at radius 2 is 1.32 bits per heavy atom. The van der Waals surface area contributed by atoms with Gasteiger partial charge in [0.15, 0.2) is 12.1 Å². The molecule has 3 atom stereocenters. The van der Waals surface area contributed by atoms with E-state index in [1.54, 1.807) is 12.1 Å². The fourth-order valence-electron chi connectivity index (χ4n) is 6.51. The Morgan fingerprint density at radius 3 is 2.00 bits per heavy atom. The van der Waals surface area contributed by atoms with Gasteiger partial charge in [-0.25, -0.2) is 9.78 Å². The molecule has 286 valence electrons. The SMILES string of the molecule is O=C(NCc1ccc([C@H]2O[C@@H](CSc3nc(-c4ccccc4)c(-c4ccccc4)o3)C[C@@H](c3ccc(CO)cc3)O2)cc1)Nc1ccc(Oc2ccccc2)cc1. The largest absolute Gasteiger partial charge is 0.457 e. The second-order valence-corrected chi connectivity index (χ2v) is 14.5. The number of aliphatic hydroxyl groups is 1. The minimum absolute atomic E-state index is 0.0243. The van der Waals surface area contributed by atoms with Gasteiger partial charge in [-0.15, -0.1) is 0 Å². The summed E-state index contributed by atoms with van der Waals surface area (Å²) in [6, 6.07) is 52.2. The first-order valence-electron chi connectivity index (χ1n) is 18.8. The Labute approximate surface area is 335 Å². The number of benzene rings is 6. The maximum atomic E-state index is 12.7. The van der Waals surface area contributed by atoms with Gasteiger partial charge in [-0.2, -0.15) is 0 Å². The number of hydrogen-bond acceptors (Lipinski definition) is 8. The quantitative estimate of drug-likeness (QED) is 0.0992. The molecule has 1 fully saturated rings. The number of hydrogen-bond donors (Lipinski definition) is 3. The van der Waals surface area contributed by atoms with Crippen LogP contribution in [0.3, 0.4) is 0 Å². The van der Waals surface area contributed by atoms with E-state index in [1.807, 2.05) is 152 Å². The van der Waals surface area contributed by atoms with Gasteiger partial charge in [-0.05, 0) is 53.1 Å². The first-order valence-corrected chi connectivity index (χ1v) is 19.8. The second-order valence-electron chi connectivity index (χ2n) is 13.5. The lowest BCUT2D eigenvalue weighted by atomic mass is 10.0. The van der Waals surface area contributed by atoms with Crippen molar-refractivity contribution in [3.8, 4) is 34.1 Å². The van der Waals surface area contributed by atoms with Crippen LogP contribution in [0.4, 0.5) is 10.5 Å². The minimum Gasteiger partial charge on any atom is -0.457 e. The zero-order valence-electron chi connectivity index (χ0n) is 31.0. The molecule has 0 unspecified atom stereocenters. The van der Waals surface area contributed by atoms with Gasteiger partial charge in [0, 0.05) is 41.1 Å². The molecule has 1 aliphatic rings. The molecule has 6 aromatic carbocycles. The molecule has 0 bridgehead atoms. The molecule has 0 saturated carbocycles. The number of ether oxygens (including phenoxy) is 3. The first kappa shape index (κ1) is 37.7. The monoisotopic (exact) mass is 775 g/mol. The number of nitrogens with zero attached hydrogens (tertiary/aromatic N) is 1. The normalized spacial score (nSPS) is 16.5. The van der Waals surface area contributed by atoms with E-state index in [2.05, 4.69) is 10.6 Å². The summed E-state index contributed by atoms with van der Waals surface area (Å²) in [6.45, 7) is 0.308. The highest BCUT2D eigenvalue weighted by atomic mass is 32.2. The molecule has 57 heavy (non-hydrogen) atoms. The van der Waals surface area contributed by atoms with Crippen LogP contribution in [0.2, 0.25) is 0 Å². The van der Waals surface area contributed by atoms with Gasteiger partial charge in [0.1, 0.15) is 17.2 Å². The molecule has 0 aliphatic carbocycles. The van der Waals surface area contributed by atoms with Gasteiger partial charge in [-0.3, -0.25) is 0 Å². The van der Waals surface area contributed by atoms with Crippen molar-refractivity contribution in [3.05, 3.63) is 186 Å². The molecule has 0 spiro atoms. The van der Waals surface area contributed by atoms with Crippen LogP contribution in [0.5, 0.6) is 11.5 Å². The molecular weight excluding hydrogens is 735 g/mol. The third-order valence-electron chi connectivity index (χ3n) is 9.49. The smallest absolute Gasteiger partial charge is 0.319 e. The Kier molecular flexibility index (Phi) is 12.0. The zero-order chi connectivity index (χ0) is 38.8. The summed E-state index contributed by atoms with van der Waals surface area (Å²) in [7, 11) is 0. The van der Waals surface area contributed by atoms with Gasteiger partial charge >= 0.3 is 6.03 Å². The number of para-hydroxylation sites is 1. The van der Waals surface area contributed by atoms with E-state index in [0.717, 1.165) is 50.6 Å². The van der Waals surface area contributed by atoms with E-state index >= 15 is 0 Å². The van der Waals surface area contributed by atoms with Crippen LogP contribution in [-0.4, -0.2) is 28.0 Å². The summed E-state index contributed by atoms with van der Waals surface area (Å²) in [6.07, 6.45) is -0.432. The number of thioether (sulfide) groups is 1. The van der Waals surface area contributed by atoms with Crippen LogP contribution in [-0.2, 0) is 22.6 Å². The molecule has 8 rings (SSSR count). The van der Waals surface area contributed by atoms with E-state index in [4.69, 9.17) is 23.6 Å². The highest BCUT2D eigenvalue weighted by Gasteiger charge is 2.33. The number of anilines is 1. The number of carbonyl (C=O) groups excluding carboxylic acids is 1. The Hall–Kier alpha value is -6.17. The fraction of sp³-hybridized carbons (Fsp3) is 0.149. The zero-order valence-corrected chi connectivity index (χ0v) is 31.8. The van der Waals surface area contributed by atoms with E-state index < -0.39 is 6.29 Å². The summed E-state index contributed by atoms with van der Waals surface area (Å²) in [5, 5.41) is 16.0. The summed E-state index contributed by atoms with van der Waals surface area (Å²) < 4.78 is 25.4. The number of nitrogens with one attached hydrogen (secondary N) is 2. The molecule has 9 nitrogen and oxygen atoms in total. The van der Waals surface area contributed by atoms with Crippen molar-refractivity contribution in [3.63, 3.8) is 0 Å². The Balaban J connectivity index is 0.921. The lowest BCUT2D eigenvalue weighted by Gasteiger charge is -2.36. The number of aliphatic hydroxyl groups excluding tert-OH is 1. The van der Waals surface area contributed by atoms with Crippen molar-refractivity contribution in [1.82, 2.24) is 10.3 Å². The van der Waals surface area contributed by atoms with Crippen molar-refractivity contribution in [2.24, 2.45) is 0 Å². The van der Waals surface area contributed by atoms with Crippen molar-refractivity contribution >= 4 is 23.5 Å². The number of aromatic nitrogens is 1. The summed E-state index contributed by atoms with van der Waals surface area (Å²) in [4.78, 5) is 17.7. The molecule has 2 heterocycles. The predicted octanol–water partition coefficient (Wildman–Crippen LogP) is 11.0. The Morgan fingerprint density at radius 1 is 0.702 bits per heavy atom. The fourth-order valence-corrected chi connectivity index (χ4v) is 7.35. The molecule has 1 saturated heterocycles. The van der Waals surface area contributed by atoms with Crippen molar-refractivity contribution in [2.75, 3.05) is 11.1 Å². The average Bonchev–Trinajstić information content (AvgIpc) is 3.71. The lowest BCUT2D eigenvalue weighted by Crippen LogP contribution is -2.31. The molecular formula is C47H41N3O6S. The molecule has 1 aliphatic heterocycles. The molecule has 0 radical (unpaired) electrons. The van der Waals surface area contributed by atoms with Gasteiger partial charge < -0.3 is 34.4 Å². The number of amides is 2. The van der Waals surface area contributed by atoms with Gasteiger partial charge in [0.05, 0.1) is 18.8 Å². The minimum atomic E-state index is -0.629. The van der Waals surface area contributed by atoms with E-state index in [9.17, 15) is 9.90 Å². The summed E-state index contributed by atoms with van der Waals surface area (Å²) >= 11 is 1.52. The highest BCUT2D eigenvalue weighted by molar-refractivity contribution is 7.99. The first-order chi connectivity index (χ1) is 28.1. The topological polar surface area (TPSA) is 115 Å². The highest BCUT2D eigenvalue weighted by Crippen LogP contribution is 2.41. The van der Waals surface area contributed by atoms with Crippen molar-refractivity contribution in [2.45, 2.75) is 43.3 Å². The molecule has 1 aromatic heterocycles. The molecule has 2 amide bonds. The van der Waals surface area contributed by atoms with Crippen LogP contribution >= 0.6 is 11.8 Å². The number of urea groups is 1. The van der Waals surface area contributed by atoms with E-state index in [-0.39, 0.29) is 24.8 Å². The van der Waals surface area contributed by atoms with Gasteiger partial charge in [-0.1, -0.05) is 139 Å². The van der Waals surface area contributed by atoms with Crippen LogP contribution in [0.25, 0.3) is 22.6 Å². The summed E-state index contributed by atoms with van der Waals surface area (Å²) in [5.41, 5.74) is 7.03. The third kappa shape index (κ3) is 9.80. The summed E-state index contributed by atoms with van der Waals surface area (Å²) in [5.74, 6) is 2.74. The molecule has 7 aromatic rings. The third-order valence-corrected chi connectivity index (χ3v) is 10.5. The van der Waals surface area contributed by atoms with Crippen LogP contribution < -0.4 is 15.4 Å². The maximum Gasteiger partial charge on any atom is 0.319 e.